The van der Waals surface area contributed by atoms with Gasteiger partial charge in [0.15, 0.2) is 0 Å². The van der Waals surface area contributed by atoms with E-state index in [1.165, 1.54) is 0 Å². The molecule has 0 aliphatic rings. The molecule has 142 valence electrons. The molecule has 0 radical (unpaired) electrons. The summed E-state index contributed by atoms with van der Waals surface area (Å²) in [4.78, 5) is 29.4. The van der Waals surface area contributed by atoms with Gasteiger partial charge in [0.25, 0.3) is 0 Å². The predicted molar refractivity (Wildman–Crippen MR) is 113 cm³/mol. The molecule has 2 aromatic rings. The van der Waals surface area contributed by atoms with Crippen LogP contribution in [-0.2, 0) is 9.59 Å². The lowest BCUT2D eigenvalue weighted by Gasteiger charge is -2.24. The Bertz CT molecular complexity index is 780. The highest BCUT2D eigenvalue weighted by atomic mass is 32.2. The van der Waals surface area contributed by atoms with Crippen LogP contribution >= 0.6 is 11.8 Å². The average Bonchev–Trinajstić information content (AvgIpc) is 2.66. The Balaban J connectivity index is 1.95. The summed E-state index contributed by atoms with van der Waals surface area (Å²) in [6.07, 6.45) is 3.66. The summed E-state index contributed by atoms with van der Waals surface area (Å²) in [6.45, 7) is 4.42. The van der Waals surface area contributed by atoms with Crippen molar-refractivity contribution in [3.8, 4) is 0 Å². The minimum atomic E-state index is -0.151. The van der Waals surface area contributed by atoms with Crippen LogP contribution < -0.4 is 10.2 Å². The molecule has 0 aliphatic carbocycles. The lowest BCUT2D eigenvalue weighted by atomic mass is 10.2. The second kappa shape index (κ2) is 10.5. The quantitative estimate of drug-likeness (QED) is 0.532. The Morgan fingerprint density at radius 1 is 1.07 bits per heavy atom. The molecule has 27 heavy (non-hydrogen) atoms. The minimum Gasteiger partial charge on any atom is -0.324 e. The number of benzene rings is 2. The van der Waals surface area contributed by atoms with Crippen LogP contribution in [0.3, 0.4) is 0 Å². The molecule has 6 heteroatoms. The van der Waals surface area contributed by atoms with Gasteiger partial charge in [0.1, 0.15) is 0 Å². The lowest BCUT2D eigenvalue weighted by molar-refractivity contribution is -0.120. The first-order valence-corrected chi connectivity index (χ1v) is 9.85. The fourth-order valence-electron chi connectivity index (χ4n) is 2.64. The highest BCUT2D eigenvalue weighted by molar-refractivity contribution is 7.98. The molecule has 0 heterocycles. The highest BCUT2D eigenvalue weighted by Gasteiger charge is 2.18. The number of nitrogens with one attached hydrogen (secondary N) is 1. The van der Waals surface area contributed by atoms with Gasteiger partial charge in [0, 0.05) is 17.1 Å². The molecule has 2 aromatic carbocycles. The van der Waals surface area contributed by atoms with Crippen molar-refractivity contribution < 1.29 is 9.59 Å². The molecule has 0 aliphatic heterocycles. The Kier molecular flexibility index (Phi) is 8.10. The SMILES string of the molecule is C=CCN(C(=O)CN(C)CC(=O)Nc1ccccc1SC)c1ccccc1. The largest absolute Gasteiger partial charge is 0.324 e. The maximum Gasteiger partial charge on any atom is 0.241 e. The van der Waals surface area contributed by atoms with Gasteiger partial charge >= 0.3 is 0 Å². The van der Waals surface area contributed by atoms with Crippen molar-refractivity contribution in [2.24, 2.45) is 0 Å². The molecule has 0 fully saturated rings. The summed E-state index contributed by atoms with van der Waals surface area (Å²) in [5, 5.41) is 2.91. The monoisotopic (exact) mass is 383 g/mol. The van der Waals surface area contributed by atoms with Crippen LogP contribution in [-0.4, -0.2) is 49.7 Å². The highest BCUT2D eigenvalue weighted by Crippen LogP contribution is 2.24. The van der Waals surface area contributed by atoms with Gasteiger partial charge in [-0.25, -0.2) is 0 Å². The van der Waals surface area contributed by atoms with Crippen LogP contribution in [0.25, 0.3) is 0 Å². The zero-order valence-corrected chi connectivity index (χ0v) is 16.5. The van der Waals surface area contributed by atoms with Crippen LogP contribution in [0.2, 0.25) is 0 Å². The number of rotatable bonds is 9. The van der Waals surface area contributed by atoms with Crippen molar-refractivity contribution in [1.29, 1.82) is 0 Å². The fourth-order valence-corrected chi connectivity index (χ4v) is 3.20. The molecular weight excluding hydrogens is 358 g/mol. The predicted octanol–water partition coefficient (Wildman–Crippen LogP) is 3.50. The molecule has 0 saturated carbocycles. The fraction of sp³-hybridized carbons (Fsp3) is 0.238. The molecular formula is C21H25N3O2S. The first-order chi connectivity index (χ1) is 13.0. The van der Waals surface area contributed by atoms with Gasteiger partial charge in [-0.05, 0) is 37.6 Å². The summed E-state index contributed by atoms with van der Waals surface area (Å²) in [5.41, 5.74) is 1.60. The maximum absolute atomic E-state index is 12.7. The molecule has 1 N–H and O–H groups in total. The van der Waals surface area contributed by atoms with E-state index in [0.717, 1.165) is 16.3 Å². The molecule has 0 atom stereocenters. The van der Waals surface area contributed by atoms with Crippen molar-refractivity contribution in [3.05, 3.63) is 67.3 Å². The average molecular weight is 384 g/mol. The van der Waals surface area contributed by atoms with E-state index in [4.69, 9.17) is 0 Å². The topological polar surface area (TPSA) is 52.7 Å². The third kappa shape index (κ3) is 6.27. The number of hydrogen-bond donors (Lipinski definition) is 1. The third-order valence-corrected chi connectivity index (χ3v) is 4.68. The van der Waals surface area contributed by atoms with E-state index in [9.17, 15) is 9.59 Å². The first kappa shape index (κ1) is 20.7. The standard InChI is InChI=1S/C21H25N3O2S/c1-4-14-24(17-10-6-5-7-11-17)21(26)16-23(2)15-20(25)22-18-12-8-9-13-19(18)27-3/h4-13H,1,14-16H2,2-3H3,(H,22,25). The van der Waals surface area contributed by atoms with Gasteiger partial charge in [-0.1, -0.05) is 36.4 Å². The Hall–Kier alpha value is -2.57. The Morgan fingerprint density at radius 3 is 2.41 bits per heavy atom. The van der Waals surface area contributed by atoms with Crippen molar-refractivity contribution in [2.75, 3.05) is 43.2 Å². The van der Waals surface area contributed by atoms with E-state index in [1.54, 1.807) is 34.7 Å². The van der Waals surface area contributed by atoms with E-state index in [-0.39, 0.29) is 24.9 Å². The van der Waals surface area contributed by atoms with Crippen LogP contribution in [0, 0.1) is 0 Å². The second-order valence-corrected chi connectivity index (χ2v) is 6.90. The van der Waals surface area contributed by atoms with Gasteiger partial charge in [0.05, 0.1) is 18.8 Å². The third-order valence-electron chi connectivity index (χ3n) is 3.88. The molecule has 0 bridgehead atoms. The second-order valence-electron chi connectivity index (χ2n) is 6.05. The summed E-state index contributed by atoms with van der Waals surface area (Å²) in [6, 6.07) is 17.1. The summed E-state index contributed by atoms with van der Waals surface area (Å²) in [7, 11) is 1.76. The molecule has 0 spiro atoms. The van der Waals surface area contributed by atoms with Gasteiger partial charge in [-0.3, -0.25) is 14.5 Å². The number of para-hydroxylation sites is 2. The van der Waals surface area contributed by atoms with Gasteiger partial charge in [-0.2, -0.15) is 0 Å². The molecule has 0 unspecified atom stereocenters. The molecule has 2 amide bonds. The zero-order chi connectivity index (χ0) is 19.6. The lowest BCUT2D eigenvalue weighted by Crippen LogP contribution is -2.41. The van der Waals surface area contributed by atoms with E-state index >= 15 is 0 Å². The normalized spacial score (nSPS) is 10.5. The van der Waals surface area contributed by atoms with Crippen molar-refractivity contribution >= 4 is 35.0 Å². The number of likely N-dealkylation sites (N-methyl/N-ethyl adjacent to an activating group) is 1. The van der Waals surface area contributed by atoms with Crippen molar-refractivity contribution in [3.63, 3.8) is 0 Å². The Labute approximate surface area is 165 Å². The molecule has 2 rings (SSSR count). The summed E-state index contributed by atoms with van der Waals surface area (Å²) < 4.78 is 0. The van der Waals surface area contributed by atoms with Gasteiger partial charge < -0.3 is 10.2 Å². The molecule has 5 nitrogen and oxygen atoms in total. The molecule has 0 saturated heterocycles. The number of amides is 2. The zero-order valence-electron chi connectivity index (χ0n) is 15.7. The maximum atomic E-state index is 12.7. The number of carbonyl (C=O) groups excluding carboxylic acids is 2. The number of anilines is 2. The van der Waals surface area contributed by atoms with E-state index in [2.05, 4.69) is 11.9 Å². The van der Waals surface area contributed by atoms with Gasteiger partial charge in [0.2, 0.25) is 11.8 Å². The van der Waals surface area contributed by atoms with Crippen LogP contribution in [0.4, 0.5) is 11.4 Å². The first-order valence-electron chi connectivity index (χ1n) is 8.63. The number of carbonyl (C=O) groups is 2. The van der Waals surface area contributed by atoms with Crippen molar-refractivity contribution in [1.82, 2.24) is 4.90 Å². The van der Waals surface area contributed by atoms with Gasteiger partial charge in [-0.15, -0.1) is 18.3 Å². The van der Waals surface area contributed by atoms with Crippen LogP contribution in [0.5, 0.6) is 0 Å². The van der Waals surface area contributed by atoms with Crippen molar-refractivity contribution in [2.45, 2.75) is 4.90 Å². The van der Waals surface area contributed by atoms with Crippen LogP contribution in [0.1, 0.15) is 0 Å². The number of hydrogen-bond acceptors (Lipinski definition) is 4. The van der Waals surface area contributed by atoms with E-state index < -0.39 is 0 Å². The smallest absolute Gasteiger partial charge is 0.241 e. The van der Waals surface area contributed by atoms with E-state index in [1.807, 2.05) is 60.9 Å². The van der Waals surface area contributed by atoms with E-state index in [0.29, 0.717) is 6.54 Å². The molecule has 0 aromatic heterocycles. The minimum absolute atomic E-state index is 0.0825. The Morgan fingerprint density at radius 2 is 1.74 bits per heavy atom. The summed E-state index contributed by atoms with van der Waals surface area (Å²) in [5.74, 6) is -0.234. The summed E-state index contributed by atoms with van der Waals surface area (Å²) >= 11 is 1.58. The number of thioether (sulfide) groups is 1. The number of nitrogens with zero attached hydrogens (tertiary/aromatic N) is 2. The van der Waals surface area contributed by atoms with Crippen LogP contribution in [0.15, 0.2) is 72.1 Å².